The van der Waals surface area contributed by atoms with Crippen LogP contribution >= 0.6 is 0 Å². The summed E-state index contributed by atoms with van der Waals surface area (Å²) >= 11 is 0. The zero-order chi connectivity index (χ0) is 20.1. The summed E-state index contributed by atoms with van der Waals surface area (Å²) in [6.07, 6.45) is 4.77. The standard InChI is InChI=1S/C25H31NO3/c1-28-23-9-7-22(8-10-23)25(13-17-29-18-14-25)24(27)26-15-11-21(12-16-26)19-20-5-3-2-4-6-20/h2-10,21H,11-19H2,1H3. The number of amides is 1. The summed E-state index contributed by atoms with van der Waals surface area (Å²) in [5, 5.41) is 0. The molecule has 154 valence electrons. The molecule has 2 saturated heterocycles. The number of benzene rings is 2. The van der Waals surface area contributed by atoms with Gasteiger partial charge >= 0.3 is 0 Å². The molecule has 2 aliphatic heterocycles. The molecule has 0 spiro atoms. The second kappa shape index (κ2) is 9.00. The molecule has 0 atom stereocenters. The second-order valence-corrected chi connectivity index (χ2v) is 8.35. The lowest BCUT2D eigenvalue weighted by atomic mass is 9.72. The summed E-state index contributed by atoms with van der Waals surface area (Å²) in [5.74, 6) is 1.77. The summed E-state index contributed by atoms with van der Waals surface area (Å²) in [7, 11) is 1.67. The molecule has 0 radical (unpaired) electrons. The maximum absolute atomic E-state index is 13.7. The van der Waals surface area contributed by atoms with Gasteiger partial charge in [-0.2, -0.15) is 0 Å². The average molecular weight is 394 g/mol. The number of ether oxygens (including phenoxy) is 2. The first-order chi connectivity index (χ1) is 14.2. The molecule has 4 heteroatoms. The SMILES string of the molecule is COc1ccc(C2(C(=O)N3CCC(Cc4ccccc4)CC3)CCOCC2)cc1. The van der Waals surface area contributed by atoms with Crippen molar-refractivity contribution in [2.45, 2.75) is 37.5 Å². The lowest BCUT2D eigenvalue weighted by molar-refractivity contribution is -0.142. The molecule has 0 aromatic heterocycles. The molecule has 2 aliphatic rings. The predicted molar refractivity (Wildman–Crippen MR) is 114 cm³/mol. The number of likely N-dealkylation sites (tertiary alicyclic amines) is 1. The van der Waals surface area contributed by atoms with Crippen LogP contribution in [0.2, 0.25) is 0 Å². The lowest BCUT2D eigenvalue weighted by Gasteiger charge is -2.42. The van der Waals surface area contributed by atoms with Crippen LogP contribution in [0.5, 0.6) is 5.75 Å². The number of carbonyl (C=O) groups is 1. The van der Waals surface area contributed by atoms with Crippen LogP contribution < -0.4 is 4.74 Å². The highest BCUT2D eigenvalue weighted by Gasteiger charge is 2.44. The molecule has 2 heterocycles. The molecule has 2 aromatic carbocycles. The van der Waals surface area contributed by atoms with E-state index in [1.165, 1.54) is 5.56 Å². The maximum Gasteiger partial charge on any atom is 0.233 e. The number of rotatable bonds is 5. The summed E-state index contributed by atoms with van der Waals surface area (Å²) in [4.78, 5) is 15.8. The molecule has 2 aromatic rings. The van der Waals surface area contributed by atoms with E-state index in [4.69, 9.17) is 9.47 Å². The van der Waals surface area contributed by atoms with Crippen LogP contribution in [0.1, 0.15) is 36.8 Å². The Kier molecular flexibility index (Phi) is 6.19. The van der Waals surface area contributed by atoms with E-state index in [1.807, 2.05) is 12.1 Å². The quantitative estimate of drug-likeness (QED) is 0.763. The average Bonchev–Trinajstić information content (AvgIpc) is 2.80. The Hall–Kier alpha value is -2.33. The van der Waals surface area contributed by atoms with Crippen LogP contribution in [0.25, 0.3) is 0 Å². The van der Waals surface area contributed by atoms with Crippen molar-refractivity contribution in [1.29, 1.82) is 0 Å². The maximum atomic E-state index is 13.7. The van der Waals surface area contributed by atoms with Gasteiger partial charge in [0.2, 0.25) is 5.91 Å². The van der Waals surface area contributed by atoms with Crippen molar-refractivity contribution in [3.63, 3.8) is 0 Å². The van der Waals surface area contributed by atoms with Gasteiger partial charge in [-0.05, 0) is 61.3 Å². The normalized spacial score (nSPS) is 19.7. The van der Waals surface area contributed by atoms with Gasteiger partial charge in [0, 0.05) is 26.3 Å². The van der Waals surface area contributed by atoms with E-state index in [0.717, 1.165) is 56.5 Å². The number of hydrogen-bond acceptors (Lipinski definition) is 3. The number of carbonyl (C=O) groups excluding carboxylic acids is 1. The van der Waals surface area contributed by atoms with Crippen molar-refractivity contribution < 1.29 is 14.3 Å². The molecule has 0 aliphatic carbocycles. The third kappa shape index (κ3) is 4.32. The third-order valence-electron chi connectivity index (χ3n) is 6.67. The van der Waals surface area contributed by atoms with Gasteiger partial charge in [-0.15, -0.1) is 0 Å². The van der Waals surface area contributed by atoms with E-state index in [1.54, 1.807) is 7.11 Å². The Morgan fingerprint density at radius 2 is 1.69 bits per heavy atom. The fraction of sp³-hybridized carbons (Fsp3) is 0.480. The smallest absolute Gasteiger partial charge is 0.233 e. The minimum Gasteiger partial charge on any atom is -0.497 e. The van der Waals surface area contributed by atoms with E-state index in [0.29, 0.717) is 19.1 Å². The Labute approximate surface area is 173 Å². The van der Waals surface area contributed by atoms with Gasteiger partial charge in [0.25, 0.3) is 0 Å². The molecule has 1 amide bonds. The van der Waals surface area contributed by atoms with Crippen molar-refractivity contribution in [3.8, 4) is 5.75 Å². The van der Waals surface area contributed by atoms with E-state index in [2.05, 4.69) is 47.4 Å². The van der Waals surface area contributed by atoms with Crippen LogP contribution in [0.3, 0.4) is 0 Å². The Bertz CT molecular complexity index is 789. The number of piperidine rings is 1. The highest BCUT2D eigenvalue weighted by molar-refractivity contribution is 5.88. The Morgan fingerprint density at radius 1 is 1.03 bits per heavy atom. The number of hydrogen-bond donors (Lipinski definition) is 0. The van der Waals surface area contributed by atoms with E-state index in [9.17, 15) is 4.79 Å². The van der Waals surface area contributed by atoms with E-state index in [-0.39, 0.29) is 5.91 Å². The Morgan fingerprint density at radius 3 is 2.31 bits per heavy atom. The van der Waals surface area contributed by atoms with Crippen LogP contribution in [0.4, 0.5) is 0 Å². The number of nitrogens with zero attached hydrogens (tertiary/aromatic N) is 1. The van der Waals surface area contributed by atoms with Crippen LogP contribution in [0.15, 0.2) is 54.6 Å². The van der Waals surface area contributed by atoms with Crippen LogP contribution in [-0.4, -0.2) is 44.2 Å². The van der Waals surface area contributed by atoms with E-state index < -0.39 is 5.41 Å². The molecule has 0 unspecified atom stereocenters. The van der Waals surface area contributed by atoms with Crippen LogP contribution in [0, 0.1) is 5.92 Å². The van der Waals surface area contributed by atoms with Crippen molar-refractivity contribution in [2.75, 3.05) is 33.4 Å². The van der Waals surface area contributed by atoms with Gasteiger partial charge in [0.05, 0.1) is 12.5 Å². The lowest BCUT2D eigenvalue weighted by Crippen LogP contribution is -2.52. The molecule has 0 N–H and O–H groups in total. The molecule has 0 saturated carbocycles. The largest absolute Gasteiger partial charge is 0.497 e. The van der Waals surface area contributed by atoms with Gasteiger partial charge in [0.1, 0.15) is 5.75 Å². The molecular formula is C25H31NO3. The fourth-order valence-electron chi connectivity index (χ4n) is 4.85. The summed E-state index contributed by atoms with van der Waals surface area (Å²) in [6.45, 7) is 2.99. The summed E-state index contributed by atoms with van der Waals surface area (Å²) < 4.78 is 10.9. The van der Waals surface area contributed by atoms with Gasteiger partial charge in [-0.3, -0.25) is 4.79 Å². The van der Waals surface area contributed by atoms with Crippen molar-refractivity contribution in [3.05, 3.63) is 65.7 Å². The van der Waals surface area contributed by atoms with Crippen LogP contribution in [-0.2, 0) is 21.4 Å². The van der Waals surface area contributed by atoms with Gasteiger partial charge in [-0.25, -0.2) is 0 Å². The fourth-order valence-corrected chi connectivity index (χ4v) is 4.85. The van der Waals surface area contributed by atoms with Gasteiger partial charge < -0.3 is 14.4 Å². The first kappa shape index (κ1) is 20.0. The first-order valence-electron chi connectivity index (χ1n) is 10.8. The monoisotopic (exact) mass is 393 g/mol. The summed E-state index contributed by atoms with van der Waals surface area (Å²) in [6, 6.07) is 18.7. The molecule has 4 nitrogen and oxygen atoms in total. The molecular weight excluding hydrogens is 362 g/mol. The highest BCUT2D eigenvalue weighted by Crippen LogP contribution is 2.38. The molecule has 29 heavy (non-hydrogen) atoms. The first-order valence-corrected chi connectivity index (χ1v) is 10.8. The van der Waals surface area contributed by atoms with Crippen molar-refractivity contribution in [1.82, 2.24) is 4.90 Å². The molecule has 0 bridgehead atoms. The van der Waals surface area contributed by atoms with E-state index >= 15 is 0 Å². The second-order valence-electron chi connectivity index (χ2n) is 8.35. The minimum atomic E-state index is -0.462. The zero-order valence-corrected chi connectivity index (χ0v) is 17.3. The topological polar surface area (TPSA) is 38.8 Å². The summed E-state index contributed by atoms with van der Waals surface area (Å²) in [5.41, 5.74) is 2.03. The minimum absolute atomic E-state index is 0.282. The van der Waals surface area contributed by atoms with Gasteiger partial charge in [0.15, 0.2) is 0 Å². The van der Waals surface area contributed by atoms with Crippen molar-refractivity contribution in [2.24, 2.45) is 5.92 Å². The Balaban J connectivity index is 1.46. The molecule has 4 rings (SSSR count). The molecule has 2 fully saturated rings. The van der Waals surface area contributed by atoms with Gasteiger partial charge in [-0.1, -0.05) is 42.5 Å². The zero-order valence-electron chi connectivity index (χ0n) is 17.3. The highest BCUT2D eigenvalue weighted by atomic mass is 16.5. The van der Waals surface area contributed by atoms with Crippen molar-refractivity contribution >= 4 is 5.91 Å². The third-order valence-corrected chi connectivity index (χ3v) is 6.67. The predicted octanol–water partition coefficient (Wildman–Crippen LogP) is 4.22. The number of methoxy groups -OCH3 is 1.